The summed E-state index contributed by atoms with van der Waals surface area (Å²) in [7, 11) is 0. The van der Waals surface area contributed by atoms with Crippen molar-refractivity contribution < 1.29 is 9.13 Å². The molecule has 1 N–H and O–H groups in total. The van der Waals surface area contributed by atoms with Gasteiger partial charge in [0.05, 0.1) is 0 Å². The van der Waals surface area contributed by atoms with Crippen molar-refractivity contribution in [1.82, 2.24) is 4.98 Å². The SMILES string of the molecule is Fc1cccc(NCCC2CCOC2)n1. The molecule has 3 nitrogen and oxygen atoms in total. The molecule has 1 aliphatic rings. The Morgan fingerprint density at radius 2 is 2.47 bits per heavy atom. The maximum Gasteiger partial charge on any atom is 0.214 e. The van der Waals surface area contributed by atoms with E-state index in [1.54, 1.807) is 12.1 Å². The van der Waals surface area contributed by atoms with Crippen LogP contribution >= 0.6 is 0 Å². The second-order valence-electron chi connectivity index (χ2n) is 3.79. The highest BCUT2D eigenvalue weighted by atomic mass is 19.1. The normalized spacial score (nSPS) is 20.5. The number of halogens is 1. The number of pyridine rings is 1. The van der Waals surface area contributed by atoms with Gasteiger partial charge in [0.25, 0.3) is 0 Å². The summed E-state index contributed by atoms with van der Waals surface area (Å²) in [4.78, 5) is 3.73. The Labute approximate surface area is 88.7 Å². The highest BCUT2D eigenvalue weighted by molar-refractivity contribution is 5.33. The fourth-order valence-corrected chi connectivity index (χ4v) is 1.72. The summed E-state index contributed by atoms with van der Waals surface area (Å²) in [5.41, 5.74) is 0. The van der Waals surface area contributed by atoms with E-state index in [-0.39, 0.29) is 0 Å². The first-order valence-electron chi connectivity index (χ1n) is 5.29. The van der Waals surface area contributed by atoms with E-state index in [9.17, 15) is 4.39 Å². The van der Waals surface area contributed by atoms with Crippen LogP contribution in [0.5, 0.6) is 0 Å². The van der Waals surface area contributed by atoms with Gasteiger partial charge in [-0.15, -0.1) is 0 Å². The highest BCUT2D eigenvalue weighted by Crippen LogP contribution is 2.16. The van der Waals surface area contributed by atoms with E-state index in [0.29, 0.717) is 11.7 Å². The number of hydrogen-bond acceptors (Lipinski definition) is 3. The zero-order valence-corrected chi connectivity index (χ0v) is 8.58. The summed E-state index contributed by atoms with van der Waals surface area (Å²) < 4.78 is 18.0. The molecule has 1 atom stereocenters. The predicted octanol–water partition coefficient (Wildman–Crippen LogP) is 2.06. The van der Waals surface area contributed by atoms with Crippen molar-refractivity contribution in [2.45, 2.75) is 12.8 Å². The van der Waals surface area contributed by atoms with E-state index in [2.05, 4.69) is 10.3 Å². The molecule has 0 bridgehead atoms. The van der Waals surface area contributed by atoms with E-state index in [1.807, 2.05) is 0 Å². The maximum absolute atomic E-state index is 12.7. The van der Waals surface area contributed by atoms with Crippen LogP contribution in [0.4, 0.5) is 10.2 Å². The lowest BCUT2D eigenvalue weighted by Crippen LogP contribution is -2.10. The molecule has 1 aromatic heterocycles. The van der Waals surface area contributed by atoms with Gasteiger partial charge in [-0.1, -0.05) is 6.07 Å². The molecule has 1 saturated heterocycles. The van der Waals surface area contributed by atoms with Gasteiger partial charge in [-0.05, 0) is 30.9 Å². The molecule has 15 heavy (non-hydrogen) atoms. The number of rotatable bonds is 4. The summed E-state index contributed by atoms with van der Waals surface area (Å²) in [6, 6.07) is 4.77. The fraction of sp³-hybridized carbons (Fsp3) is 0.545. The van der Waals surface area contributed by atoms with Crippen molar-refractivity contribution in [3.05, 3.63) is 24.1 Å². The minimum Gasteiger partial charge on any atom is -0.381 e. The summed E-state index contributed by atoms with van der Waals surface area (Å²) >= 11 is 0. The molecule has 82 valence electrons. The lowest BCUT2D eigenvalue weighted by atomic mass is 10.1. The molecule has 0 aliphatic carbocycles. The van der Waals surface area contributed by atoms with Gasteiger partial charge in [-0.2, -0.15) is 4.39 Å². The van der Waals surface area contributed by atoms with Crippen LogP contribution in [0.25, 0.3) is 0 Å². The topological polar surface area (TPSA) is 34.1 Å². The van der Waals surface area contributed by atoms with Gasteiger partial charge in [0, 0.05) is 19.8 Å². The quantitative estimate of drug-likeness (QED) is 0.772. The van der Waals surface area contributed by atoms with E-state index in [1.165, 1.54) is 6.07 Å². The predicted molar refractivity (Wildman–Crippen MR) is 56.2 cm³/mol. The number of nitrogens with one attached hydrogen (secondary N) is 1. The van der Waals surface area contributed by atoms with Crippen molar-refractivity contribution >= 4 is 5.82 Å². The molecule has 1 fully saturated rings. The van der Waals surface area contributed by atoms with Gasteiger partial charge >= 0.3 is 0 Å². The van der Waals surface area contributed by atoms with Crippen LogP contribution in [0.3, 0.4) is 0 Å². The first-order valence-corrected chi connectivity index (χ1v) is 5.29. The van der Waals surface area contributed by atoms with Gasteiger partial charge in [0.1, 0.15) is 5.82 Å². The van der Waals surface area contributed by atoms with Crippen LogP contribution in [0.1, 0.15) is 12.8 Å². The largest absolute Gasteiger partial charge is 0.381 e. The van der Waals surface area contributed by atoms with Crippen LogP contribution in [0.15, 0.2) is 18.2 Å². The number of aromatic nitrogens is 1. The lowest BCUT2D eigenvalue weighted by Gasteiger charge is -2.08. The average molecular weight is 210 g/mol. The van der Waals surface area contributed by atoms with Crippen LogP contribution in [0, 0.1) is 11.9 Å². The second-order valence-corrected chi connectivity index (χ2v) is 3.79. The molecular formula is C11H15FN2O. The molecule has 0 aromatic carbocycles. The molecule has 1 aliphatic heterocycles. The third-order valence-corrected chi connectivity index (χ3v) is 2.60. The van der Waals surface area contributed by atoms with E-state index >= 15 is 0 Å². The highest BCUT2D eigenvalue weighted by Gasteiger charge is 2.14. The zero-order chi connectivity index (χ0) is 10.5. The van der Waals surface area contributed by atoms with E-state index < -0.39 is 5.95 Å². The fourth-order valence-electron chi connectivity index (χ4n) is 1.72. The Kier molecular flexibility index (Phi) is 3.50. The molecule has 2 rings (SSSR count). The molecule has 0 spiro atoms. The first-order chi connectivity index (χ1) is 7.34. The van der Waals surface area contributed by atoms with Crippen molar-refractivity contribution in [1.29, 1.82) is 0 Å². The molecule has 1 unspecified atom stereocenters. The Balaban J connectivity index is 1.73. The molecule has 0 amide bonds. The van der Waals surface area contributed by atoms with Crippen molar-refractivity contribution in [3.8, 4) is 0 Å². The van der Waals surface area contributed by atoms with Crippen molar-refractivity contribution in [3.63, 3.8) is 0 Å². The third-order valence-electron chi connectivity index (χ3n) is 2.60. The average Bonchev–Trinajstić information content (AvgIpc) is 2.71. The number of hydrogen-bond donors (Lipinski definition) is 1. The second kappa shape index (κ2) is 5.07. The third kappa shape index (κ3) is 3.16. The zero-order valence-electron chi connectivity index (χ0n) is 8.58. The summed E-state index contributed by atoms with van der Waals surface area (Å²) in [5.74, 6) is 0.809. The molecule has 0 radical (unpaired) electrons. The summed E-state index contributed by atoms with van der Waals surface area (Å²) in [5, 5.41) is 3.11. The van der Waals surface area contributed by atoms with Crippen LogP contribution in [-0.2, 0) is 4.74 Å². The standard InChI is InChI=1S/C11H15FN2O/c12-10-2-1-3-11(14-10)13-6-4-9-5-7-15-8-9/h1-3,9H,4-8H2,(H,13,14). The van der Waals surface area contributed by atoms with Gasteiger partial charge in [0.2, 0.25) is 5.95 Å². The van der Waals surface area contributed by atoms with Crippen molar-refractivity contribution in [2.24, 2.45) is 5.92 Å². The van der Waals surface area contributed by atoms with E-state index in [4.69, 9.17) is 4.74 Å². The maximum atomic E-state index is 12.7. The number of ether oxygens (including phenoxy) is 1. The Hall–Kier alpha value is -1.16. The van der Waals surface area contributed by atoms with Crippen LogP contribution in [0.2, 0.25) is 0 Å². The summed E-state index contributed by atoms with van der Waals surface area (Å²) in [6.45, 7) is 2.56. The van der Waals surface area contributed by atoms with Gasteiger partial charge in [-0.3, -0.25) is 0 Å². The Morgan fingerprint density at radius 1 is 1.53 bits per heavy atom. The van der Waals surface area contributed by atoms with Crippen molar-refractivity contribution in [2.75, 3.05) is 25.1 Å². The molecular weight excluding hydrogens is 195 g/mol. The molecule has 0 saturated carbocycles. The number of anilines is 1. The molecule has 1 aromatic rings. The molecule has 4 heteroatoms. The van der Waals surface area contributed by atoms with Gasteiger partial charge < -0.3 is 10.1 Å². The summed E-state index contributed by atoms with van der Waals surface area (Å²) in [6.07, 6.45) is 2.19. The monoisotopic (exact) mass is 210 g/mol. The van der Waals surface area contributed by atoms with Gasteiger partial charge in [-0.25, -0.2) is 4.98 Å². The lowest BCUT2D eigenvalue weighted by molar-refractivity contribution is 0.185. The minimum atomic E-state index is -0.441. The van der Waals surface area contributed by atoms with Crippen LogP contribution < -0.4 is 5.32 Å². The molecule has 2 heterocycles. The van der Waals surface area contributed by atoms with Crippen LogP contribution in [-0.4, -0.2) is 24.7 Å². The van der Waals surface area contributed by atoms with E-state index in [0.717, 1.165) is 32.6 Å². The van der Waals surface area contributed by atoms with Gasteiger partial charge in [0.15, 0.2) is 0 Å². The number of nitrogens with zero attached hydrogens (tertiary/aromatic N) is 1. The first kappa shape index (κ1) is 10.4. The smallest absolute Gasteiger partial charge is 0.214 e. The Bertz CT molecular complexity index is 313. The minimum absolute atomic E-state index is 0.441. The Morgan fingerprint density at radius 3 is 3.20 bits per heavy atom.